The average molecular weight is 518 g/mol. The van der Waals surface area contributed by atoms with E-state index in [1.165, 1.54) is 12.6 Å². The number of H-pyrrole nitrogens is 1. The van der Waals surface area contributed by atoms with Gasteiger partial charge in [-0.1, -0.05) is 0 Å². The molecule has 0 radical (unpaired) electrons. The van der Waals surface area contributed by atoms with Crippen LogP contribution in [0.2, 0.25) is 0 Å². The fraction of sp³-hybridized carbons (Fsp3) is 0.435. The molecule has 12 heteroatoms. The molecule has 0 saturated heterocycles. The number of hydrogen-bond donors (Lipinski definition) is 3. The summed E-state index contributed by atoms with van der Waals surface area (Å²) in [5.41, 5.74) is 4.25. The highest BCUT2D eigenvalue weighted by atomic mass is 32.2. The van der Waals surface area contributed by atoms with E-state index in [0.29, 0.717) is 55.0 Å². The Labute approximate surface area is 203 Å². The van der Waals surface area contributed by atoms with Crippen LogP contribution >= 0.6 is 0 Å². The fourth-order valence-corrected chi connectivity index (χ4v) is 7.11. The van der Waals surface area contributed by atoms with E-state index in [2.05, 4.69) is 25.6 Å². The van der Waals surface area contributed by atoms with Gasteiger partial charge in [-0.15, -0.1) is 0 Å². The molecule has 0 spiro atoms. The van der Waals surface area contributed by atoms with Crippen LogP contribution in [0.4, 0.5) is 11.5 Å². The summed E-state index contributed by atoms with van der Waals surface area (Å²) in [6, 6.07) is 5.22. The molecule has 35 heavy (non-hydrogen) atoms. The minimum absolute atomic E-state index is 0.0472. The molecule has 2 aliphatic rings. The first-order valence-electron chi connectivity index (χ1n) is 11.5. The summed E-state index contributed by atoms with van der Waals surface area (Å²) in [5, 5.41) is 7.01. The third-order valence-electron chi connectivity index (χ3n) is 6.64. The largest absolute Gasteiger partial charge is 0.356 e. The second-order valence-corrected chi connectivity index (χ2v) is 13.6. The van der Waals surface area contributed by atoms with Crippen LogP contribution in [0.5, 0.6) is 0 Å². The van der Waals surface area contributed by atoms with Gasteiger partial charge in [-0.2, -0.15) is 0 Å². The van der Waals surface area contributed by atoms with Gasteiger partial charge >= 0.3 is 0 Å². The van der Waals surface area contributed by atoms with E-state index in [-0.39, 0.29) is 23.3 Å². The van der Waals surface area contributed by atoms with Gasteiger partial charge in [0.15, 0.2) is 9.84 Å². The van der Waals surface area contributed by atoms with Gasteiger partial charge in [-0.3, -0.25) is 4.79 Å². The number of aromatic amines is 1. The van der Waals surface area contributed by atoms with E-state index in [4.69, 9.17) is 0 Å². The Bertz CT molecular complexity index is 1530. The number of hydrogen-bond acceptors (Lipinski definition) is 8. The van der Waals surface area contributed by atoms with E-state index < -0.39 is 19.7 Å². The summed E-state index contributed by atoms with van der Waals surface area (Å²) in [5.74, 6) is 0.475. The van der Waals surface area contributed by atoms with Crippen LogP contribution in [0.25, 0.3) is 11.0 Å². The molecule has 2 aromatic heterocycles. The molecule has 1 atom stereocenters. The topological polar surface area (TPSA) is 151 Å². The minimum atomic E-state index is -3.19. The number of rotatable bonds is 7. The molecule has 1 aliphatic heterocycles. The molecular formula is C23H27N5O5S2. The average Bonchev–Trinajstić information content (AvgIpc) is 3.32. The number of sulfone groups is 2. The second kappa shape index (κ2) is 8.90. The minimum Gasteiger partial charge on any atom is -0.356 e. The van der Waals surface area contributed by atoms with Crippen molar-refractivity contribution in [3.63, 3.8) is 0 Å². The lowest BCUT2D eigenvalue weighted by molar-refractivity contribution is -0.125. The number of anilines is 2. The molecule has 1 amide bonds. The third kappa shape index (κ3) is 4.90. The number of nitrogens with one attached hydrogen (secondary N) is 3. The number of aryl methyl sites for hydroxylation is 2. The quantitative estimate of drug-likeness (QED) is 0.401. The molecule has 186 valence electrons. The van der Waals surface area contributed by atoms with Crippen molar-refractivity contribution < 1.29 is 21.6 Å². The lowest BCUT2D eigenvalue weighted by Gasteiger charge is -2.22. The lowest BCUT2D eigenvalue weighted by Crippen LogP contribution is -2.35. The van der Waals surface area contributed by atoms with Gasteiger partial charge in [0.1, 0.15) is 27.6 Å². The zero-order chi connectivity index (χ0) is 24.8. The number of fused-ring (bicyclic) bond motifs is 4. The van der Waals surface area contributed by atoms with Crippen LogP contribution in [-0.4, -0.2) is 62.0 Å². The first kappa shape index (κ1) is 23.7. The Morgan fingerprint density at radius 2 is 2.06 bits per heavy atom. The van der Waals surface area contributed by atoms with Crippen molar-refractivity contribution >= 4 is 48.1 Å². The molecule has 3 N–H and O–H groups in total. The first-order valence-corrected chi connectivity index (χ1v) is 15.2. The van der Waals surface area contributed by atoms with Crippen LogP contribution in [0, 0.1) is 5.92 Å². The molecule has 5 rings (SSSR count). The van der Waals surface area contributed by atoms with Crippen molar-refractivity contribution in [1.82, 2.24) is 20.3 Å². The van der Waals surface area contributed by atoms with Gasteiger partial charge in [0.05, 0.1) is 21.8 Å². The lowest BCUT2D eigenvalue weighted by atomic mass is 9.86. The summed E-state index contributed by atoms with van der Waals surface area (Å²) in [7, 11) is -6.24. The zero-order valence-corrected chi connectivity index (χ0v) is 20.9. The second-order valence-electron chi connectivity index (χ2n) is 9.26. The highest BCUT2D eigenvalue weighted by molar-refractivity contribution is 7.91. The Morgan fingerprint density at radius 3 is 2.86 bits per heavy atom. The van der Waals surface area contributed by atoms with Gasteiger partial charge in [0.25, 0.3) is 0 Å². The van der Waals surface area contributed by atoms with Crippen LogP contribution in [0.1, 0.15) is 29.7 Å². The van der Waals surface area contributed by atoms with Gasteiger partial charge < -0.3 is 15.6 Å². The van der Waals surface area contributed by atoms with E-state index in [9.17, 15) is 21.6 Å². The maximum Gasteiger partial charge on any atom is 0.223 e. The SMILES string of the molecule is CS(=O)(=O)CCCNC(=O)C1CCc2[nH]c3ncnc(Nc4ccc5c(c4)CCS5(=O)=O)c3c2C1. The maximum absolute atomic E-state index is 12.8. The van der Waals surface area contributed by atoms with Crippen molar-refractivity contribution in [2.45, 2.75) is 37.0 Å². The molecule has 0 fully saturated rings. The van der Waals surface area contributed by atoms with E-state index in [0.717, 1.165) is 27.9 Å². The number of aromatic nitrogens is 3. The summed E-state index contributed by atoms with van der Waals surface area (Å²) >= 11 is 0. The molecule has 1 aliphatic carbocycles. The predicted octanol–water partition coefficient (Wildman–Crippen LogP) is 1.69. The molecule has 0 saturated carbocycles. The van der Waals surface area contributed by atoms with Crippen LogP contribution in [0.15, 0.2) is 29.4 Å². The van der Waals surface area contributed by atoms with Crippen molar-refractivity contribution in [2.75, 3.05) is 29.6 Å². The molecule has 1 aromatic carbocycles. The maximum atomic E-state index is 12.8. The molecule has 10 nitrogen and oxygen atoms in total. The summed E-state index contributed by atoms with van der Waals surface area (Å²) in [6.07, 6.45) is 5.45. The van der Waals surface area contributed by atoms with Crippen LogP contribution in [-0.2, 0) is 43.7 Å². The van der Waals surface area contributed by atoms with Crippen molar-refractivity contribution in [3.8, 4) is 0 Å². The van der Waals surface area contributed by atoms with E-state index in [1.54, 1.807) is 12.1 Å². The van der Waals surface area contributed by atoms with Gasteiger partial charge in [0, 0.05) is 30.1 Å². The number of nitrogens with zero attached hydrogens (tertiary/aromatic N) is 2. The Balaban J connectivity index is 1.36. The van der Waals surface area contributed by atoms with Gasteiger partial charge in [-0.05, 0) is 61.4 Å². The van der Waals surface area contributed by atoms with Gasteiger partial charge in [-0.25, -0.2) is 26.8 Å². The molecule has 3 heterocycles. The van der Waals surface area contributed by atoms with Gasteiger partial charge in [0.2, 0.25) is 5.91 Å². The summed E-state index contributed by atoms with van der Waals surface area (Å²) < 4.78 is 46.9. The van der Waals surface area contributed by atoms with E-state index in [1.807, 2.05) is 6.07 Å². The summed E-state index contributed by atoms with van der Waals surface area (Å²) in [4.78, 5) is 25.3. The summed E-state index contributed by atoms with van der Waals surface area (Å²) in [6.45, 7) is 0.326. The number of carbonyl (C=O) groups excluding carboxylic acids is 1. The number of carbonyl (C=O) groups is 1. The highest BCUT2D eigenvalue weighted by Gasteiger charge is 2.29. The normalized spacial score (nSPS) is 18.7. The monoisotopic (exact) mass is 517 g/mol. The standard InChI is InChI=1S/C23H27N5O5S2/c1-34(30,31)9-2-8-24-23(29)15-3-5-18-17(12-15)20-21(25-13-26-22(20)28-18)27-16-4-6-19-14(11-16)7-10-35(19,32)33/h4,6,11,13,15H,2-3,5,7-10,12H2,1H3,(H,24,29)(H2,25,26,27,28). The molecule has 1 unspecified atom stereocenters. The Kier molecular flexibility index (Phi) is 6.04. The molecular weight excluding hydrogens is 490 g/mol. The van der Waals surface area contributed by atoms with Crippen LogP contribution in [0.3, 0.4) is 0 Å². The Morgan fingerprint density at radius 1 is 1.23 bits per heavy atom. The number of amides is 1. The number of benzene rings is 1. The van der Waals surface area contributed by atoms with Crippen molar-refractivity contribution in [3.05, 3.63) is 41.3 Å². The molecule has 0 bridgehead atoms. The molecule has 3 aromatic rings. The Hall–Kier alpha value is -2.99. The van der Waals surface area contributed by atoms with Crippen LogP contribution < -0.4 is 10.6 Å². The predicted molar refractivity (Wildman–Crippen MR) is 132 cm³/mol. The van der Waals surface area contributed by atoms with Crippen molar-refractivity contribution in [1.29, 1.82) is 0 Å². The smallest absolute Gasteiger partial charge is 0.223 e. The van der Waals surface area contributed by atoms with E-state index >= 15 is 0 Å². The first-order chi connectivity index (χ1) is 16.6. The highest BCUT2D eigenvalue weighted by Crippen LogP contribution is 2.36. The third-order valence-corrected chi connectivity index (χ3v) is 9.48. The fourth-order valence-electron chi connectivity index (χ4n) is 4.90. The van der Waals surface area contributed by atoms with Crippen molar-refractivity contribution in [2.24, 2.45) is 5.92 Å². The zero-order valence-electron chi connectivity index (χ0n) is 19.3.